The Hall–Kier alpha value is -3.23. The third-order valence-electron chi connectivity index (χ3n) is 3.96. The number of amides is 5. The Balaban J connectivity index is 1.92. The predicted octanol–water partition coefficient (Wildman–Crippen LogP) is 1.21. The molecular weight excluding hydrogens is 350 g/mol. The molecule has 0 radical (unpaired) electrons. The first-order valence-corrected chi connectivity index (χ1v) is 8.45. The highest BCUT2D eigenvalue weighted by molar-refractivity contribution is 6.06. The van der Waals surface area contributed by atoms with Crippen molar-refractivity contribution in [3.05, 3.63) is 29.8 Å². The molecule has 0 atom stereocenters. The quantitative estimate of drug-likeness (QED) is 0.394. The van der Waals surface area contributed by atoms with Crippen LogP contribution in [0.15, 0.2) is 29.4 Å². The fraction of sp³-hybridized carbons (Fsp3) is 0.389. The zero-order valence-electron chi connectivity index (χ0n) is 15.8. The first-order chi connectivity index (χ1) is 12.6. The maximum absolute atomic E-state index is 12.1. The van der Waals surface area contributed by atoms with Crippen LogP contribution in [0.4, 0.5) is 10.5 Å². The van der Waals surface area contributed by atoms with Crippen molar-refractivity contribution in [1.82, 2.24) is 15.6 Å². The van der Waals surface area contributed by atoms with Gasteiger partial charge in [0.25, 0.3) is 5.91 Å². The number of hydrogen-bond donors (Lipinski definition) is 3. The molecule has 0 unspecified atom stereocenters. The summed E-state index contributed by atoms with van der Waals surface area (Å²) in [6.45, 7) is 6.33. The molecule has 9 nitrogen and oxygen atoms in total. The molecule has 1 heterocycles. The average molecular weight is 373 g/mol. The Bertz CT molecular complexity index is 816. The first-order valence-electron chi connectivity index (χ1n) is 8.45. The largest absolute Gasteiger partial charge is 0.326 e. The van der Waals surface area contributed by atoms with Crippen LogP contribution in [0.5, 0.6) is 0 Å². The lowest BCUT2D eigenvalue weighted by atomic mass is 10.1. The fourth-order valence-corrected chi connectivity index (χ4v) is 2.53. The van der Waals surface area contributed by atoms with E-state index in [1.54, 1.807) is 45.0 Å². The van der Waals surface area contributed by atoms with Gasteiger partial charge in [-0.3, -0.25) is 19.3 Å². The first kappa shape index (κ1) is 20.1. The van der Waals surface area contributed by atoms with Crippen molar-refractivity contribution in [2.45, 2.75) is 39.7 Å². The van der Waals surface area contributed by atoms with Crippen molar-refractivity contribution in [2.24, 2.45) is 5.10 Å². The minimum absolute atomic E-state index is 0.0213. The third kappa shape index (κ3) is 5.13. The highest BCUT2D eigenvalue weighted by Gasteiger charge is 2.43. The number of rotatable bonds is 6. The van der Waals surface area contributed by atoms with Gasteiger partial charge in [0.1, 0.15) is 5.54 Å². The van der Waals surface area contributed by atoms with Gasteiger partial charge in [-0.05, 0) is 38.5 Å². The molecule has 2 rings (SSSR count). The normalized spacial score (nSPS) is 16.1. The summed E-state index contributed by atoms with van der Waals surface area (Å²) in [4.78, 5) is 48.0. The topological polar surface area (TPSA) is 120 Å². The van der Waals surface area contributed by atoms with Crippen LogP contribution in [0.2, 0.25) is 0 Å². The van der Waals surface area contributed by atoms with Crippen LogP contribution in [-0.4, -0.2) is 46.4 Å². The van der Waals surface area contributed by atoms with E-state index in [1.165, 1.54) is 6.92 Å². The Morgan fingerprint density at radius 3 is 2.52 bits per heavy atom. The lowest BCUT2D eigenvalue weighted by Gasteiger charge is -2.15. The second-order valence-corrected chi connectivity index (χ2v) is 6.76. The van der Waals surface area contributed by atoms with E-state index >= 15 is 0 Å². The average Bonchev–Trinajstić information content (AvgIpc) is 2.78. The fourth-order valence-electron chi connectivity index (χ4n) is 2.53. The molecule has 1 aliphatic rings. The summed E-state index contributed by atoms with van der Waals surface area (Å²) in [5, 5.41) is 9.26. The molecule has 5 amide bonds. The van der Waals surface area contributed by atoms with Gasteiger partial charge in [-0.1, -0.05) is 12.1 Å². The standard InChI is InChI=1S/C18H23N5O4/c1-11(13-6-5-7-14(10-13)19-12(2)24)21-22-15(25)8-9-23-16(26)18(3,4)20-17(23)27/h5-7,10H,8-9H2,1-4H3,(H,19,24)(H,20,27)(H,22,25)/b21-11-. The van der Waals surface area contributed by atoms with Crippen molar-refractivity contribution >= 4 is 35.2 Å². The number of benzene rings is 1. The van der Waals surface area contributed by atoms with Crippen LogP contribution in [0.3, 0.4) is 0 Å². The van der Waals surface area contributed by atoms with Crippen LogP contribution < -0.4 is 16.1 Å². The van der Waals surface area contributed by atoms with Crippen molar-refractivity contribution in [2.75, 3.05) is 11.9 Å². The van der Waals surface area contributed by atoms with E-state index in [1.807, 2.05) is 0 Å². The monoisotopic (exact) mass is 373 g/mol. The van der Waals surface area contributed by atoms with E-state index in [-0.39, 0.29) is 24.8 Å². The van der Waals surface area contributed by atoms with Gasteiger partial charge >= 0.3 is 6.03 Å². The van der Waals surface area contributed by atoms with E-state index in [2.05, 4.69) is 21.2 Å². The lowest BCUT2D eigenvalue weighted by Crippen LogP contribution is -2.40. The molecule has 9 heteroatoms. The van der Waals surface area contributed by atoms with Gasteiger partial charge in [0.05, 0.1) is 5.71 Å². The molecule has 0 aromatic heterocycles. The maximum Gasteiger partial charge on any atom is 0.325 e. The smallest absolute Gasteiger partial charge is 0.325 e. The summed E-state index contributed by atoms with van der Waals surface area (Å²) in [6, 6.07) is 6.54. The van der Waals surface area contributed by atoms with Gasteiger partial charge in [0.2, 0.25) is 11.8 Å². The summed E-state index contributed by atoms with van der Waals surface area (Å²) >= 11 is 0. The van der Waals surface area contributed by atoms with Crippen molar-refractivity contribution in [3.63, 3.8) is 0 Å². The minimum atomic E-state index is -0.957. The Kier molecular flexibility index (Phi) is 5.94. The molecule has 3 N–H and O–H groups in total. The summed E-state index contributed by atoms with van der Waals surface area (Å²) in [7, 11) is 0. The molecule has 0 spiro atoms. The maximum atomic E-state index is 12.1. The van der Waals surface area contributed by atoms with E-state index in [0.717, 1.165) is 10.5 Å². The third-order valence-corrected chi connectivity index (χ3v) is 3.96. The molecule has 0 aliphatic carbocycles. The molecule has 1 aromatic rings. The highest BCUT2D eigenvalue weighted by atomic mass is 16.2. The molecule has 144 valence electrons. The predicted molar refractivity (Wildman–Crippen MR) is 100 cm³/mol. The molecule has 0 bridgehead atoms. The number of urea groups is 1. The molecule has 0 saturated carbocycles. The van der Waals surface area contributed by atoms with Gasteiger partial charge in [0, 0.05) is 25.6 Å². The number of nitrogens with zero attached hydrogens (tertiary/aromatic N) is 2. The molecule has 1 aliphatic heterocycles. The second kappa shape index (κ2) is 7.98. The second-order valence-electron chi connectivity index (χ2n) is 6.76. The van der Waals surface area contributed by atoms with Gasteiger partial charge in [-0.15, -0.1) is 0 Å². The summed E-state index contributed by atoms with van der Waals surface area (Å²) in [6.07, 6.45) is -0.0576. The molecule has 1 fully saturated rings. The van der Waals surface area contributed by atoms with E-state index < -0.39 is 17.5 Å². The van der Waals surface area contributed by atoms with Gasteiger partial charge in [-0.2, -0.15) is 5.10 Å². The lowest BCUT2D eigenvalue weighted by molar-refractivity contribution is -0.130. The SMILES string of the molecule is CC(=O)Nc1cccc(/C(C)=N\NC(=O)CCN2C(=O)NC(C)(C)C2=O)c1. The number of anilines is 1. The molecular formula is C18H23N5O4. The van der Waals surface area contributed by atoms with Crippen LogP contribution in [0.25, 0.3) is 0 Å². The van der Waals surface area contributed by atoms with E-state index in [9.17, 15) is 19.2 Å². The summed E-state index contributed by atoms with van der Waals surface area (Å²) in [5.74, 6) is -0.967. The Morgan fingerprint density at radius 2 is 1.93 bits per heavy atom. The summed E-state index contributed by atoms with van der Waals surface area (Å²) < 4.78 is 0. The minimum Gasteiger partial charge on any atom is -0.326 e. The van der Waals surface area contributed by atoms with E-state index in [0.29, 0.717) is 11.4 Å². The number of imide groups is 1. The molecule has 1 saturated heterocycles. The van der Waals surface area contributed by atoms with Crippen LogP contribution >= 0.6 is 0 Å². The van der Waals surface area contributed by atoms with Crippen molar-refractivity contribution in [1.29, 1.82) is 0 Å². The van der Waals surface area contributed by atoms with Gasteiger partial charge < -0.3 is 10.6 Å². The number of hydrogen-bond acceptors (Lipinski definition) is 5. The Labute approximate surface area is 157 Å². The van der Waals surface area contributed by atoms with Crippen LogP contribution in [-0.2, 0) is 14.4 Å². The zero-order valence-corrected chi connectivity index (χ0v) is 15.8. The van der Waals surface area contributed by atoms with Gasteiger partial charge in [0.15, 0.2) is 0 Å². The highest BCUT2D eigenvalue weighted by Crippen LogP contribution is 2.16. The zero-order chi connectivity index (χ0) is 20.2. The van der Waals surface area contributed by atoms with Crippen LogP contribution in [0, 0.1) is 0 Å². The molecule has 1 aromatic carbocycles. The van der Waals surface area contributed by atoms with Crippen LogP contribution in [0.1, 0.15) is 39.7 Å². The summed E-state index contributed by atoms with van der Waals surface area (Å²) in [5.41, 5.74) is 3.36. The van der Waals surface area contributed by atoms with Gasteiger partial charge in [-0.25, -0.2) is 10.2 Å². The Morgan fingerprint density at radius 1 is 1.22 bits per heavy atom. The number of carbonyl (C=O) groups excluding carboxylic acids is 4. The number of nitrogens with one attached hydrogen (secondary N) is 3. The van der Waals surface area contributed by atoms with Crippen molar-refractivity contribution < 1.29 is 19.2 Å². The number of hydrazone groups is 1. The number of carbonyl (C=O) groups is 4. The van der Waals surface area contributed by atoms with Crippen molar-refractivity contribution in [3.8, 4) is 0 Å². The molecule has 27 heavy (non-hydrogen) atoms. The van der Waals surface area contributed by atoms with E-state index in [4.69, 9.17) is 0 Å².